The van der Waals surface area contributed by atoms with Crippen LogP contribution < -0.4 is 16.0 Å². The van der Waals surface area contributed by atoms with Crippen LogP contribution in [0.3, 0.4) is 0 Å². The molecule has 2 fully saturated rings. The van der Waals surface area contributed by atoms with Gasteiger partial charge in [0.25, 0.3) is 11.5 Å². The van der Waals surface area contributed by atoms with Crippen molar-refractivity contribution in [2.24, 2.45) is 10.9 Å². The lowest BCUT2D eigenvalue weighted by molar-refractivity contribution is 0.0850. The Bertz CT molecular complexity index is 1600. The van der Waals surface area contributed by atoms with Gasteiger partial charge < -0.3 is 10.5 Å². The third kappa shape index (κ3) is 4.43. The van der Waals surface area contributed by atoms with E-state index in [0.29, 0.717) is 45.0 Å². The van der Waals surface area contributed by atoms with Crippen LogP contribution in [0.25, 0.3) is 27.8 Å². The molecule has 1 aromatic carbocycles. The summed E-state index contributed by atoms with van der Waals surface area (Å²) in [4.78, 5) is 27.0. The lowest BCUT2D eigenvalue weighted by Gasteiger charge is -2.13. The number of nitrogens with zero attached hydrogens (tertiary/aromatic N) is 5. The van der Waals surface area contributed by atoms with Gasteiger partial charge in [0.15, 0.2) is 0 Å². The van der Waals surface area contributed by atoms with Gasteiger partial charge in [-0.2, -0.15) is 9.78 Å². The highest BCUT2D eigenvalue weighted by Crippen LogP contribution is 2.48. The number of pyridine rings is 2. The van der Waals surface area contributed by atoms with Crippen molar-refractivity contribution in [2.45, 2.75) is 31.1 Å². The van der Waals surface area contributed by atoms with Crippen molar-refractivity contribution < 1.29 is 13.5 Å². The SMILES string of the molecule is CN=Cc1cc(-n2nc3ccc(OCC4CC4(F)F)nc3c(-c3ccc(C4CC4)nc3)c2=O)ccc1N. The second-order valence-corrected chi connectivity index (χ2v) is 9.53. The first kappa shape index (κ1) is 23.2. The molecule has 2 N–H and O–H groups in total. The van der Waals surface area contributed by atoms with E-state index in [9.17, 15) is 13.6 Å². The number of halogens is 2. The minimum absolute atomic E-state index is 0.143. The summed E-state index contributed by atoms with van der Waals surface area (Å²) in [5, 5.41) is 4.55. The average Bonchev–Trinajstić information content (AvgIpc) is 3.81. The summed E-state index contributed by atoms with van der Waals surface area (Å²) >= 11 is 0. The quantitative estimate of drug-likeness (QED) is 0.297. The maximum Gasteiger partial charge on any atom is 0.281 e. The van der Waals surface area contributed by atoms with Gasteiger partial charge in [-0.1, -0.05) is 6.07 Å². The molecular formula is C27H24F2N6O2. The van der Waals surface area contributed by atoms with Crippen LogP contribution in [0.15, 0.2) is 58.4 Å². The fraction of sp³-hybridized carbons (Fsp3) is 0.296. The van der Waals surface area contributed by atoms with Crippen molar-refractivity contribution in [3.05, 3.63) is 70.3 Å². The standard InChI is InChI=1S/C27H24F2N6O2/c1-31-12-17-10-19(5-6-20(17)30)35-26(36)24(16-4-7-21(32-13-16)15-2-3-15)25-22(34-35)8-9-23(33-25)37-14-18-11-27(18,28)29/h4-10,12-13,15,18H,2-3,11,14,30H2,1H3. The lowest BCUT2D eigenvalue weighted by atomic mass is 10.1. The zero-order valence-corrected chi connectivity index (χ0v) is 20.1. The van der Waals surface area contributed by atoms with Gasteiger partial charge in [-0.3, -0.25) is 14.8 Å². The monoisotopic (exact) mass is 502 g/mol. The molecule has 8 nitrogen and oxygen atoms in total. The fourth-order valence-electron chi connectivity index (χ4n) is 4.33. The molecule has 188 valence electrons. The number of benzene rings is 1. The topological polar surface area (TPSA) is 108 Å². The van der Waals surface area contributed by atoms with Crippen LogP contribution in [0.2, 0.25) is 0 Å². The van der Waals surface area contributed by atoms with Gasteiger partial charge in [0, 0.05) is 60.4 Å². The van der Waals surface area contributed by atoms with Gasteiger partial charge in [0.05, 0.1) is 23.8 Å². The first-order chi connectivity index (χ1) is 17.8. The summed E-state index contributed by atoms with van der Waals surface area (Å²) in [7, 11) is 1.64. The molecule has 6 rings (SSSR count). The predicted octanol–water partition coefficient (Wildman–Crippen LogP) is 4.39. The van der Waals surface area contributed by atoms with E-state index in [0.717, 1.165) is 18.5 Å². The second kappa shape index (κ2) is 8.72. The van der Waals surface area contributed by atoms with Crippen LogP contribution in [0.5, 0.6) is 5.88 Å². The van der Waals surface area contributed by atoms with Gasteiger partial charge >= 0.3 is 0 Å². The smallest absolute Gasteiger partial charge is 0.281 e. The second-order valence-electron chi connectivity index (χ2n) is 9.53. The summed E-state index contributed by atoms with van der Waals surface area (Å²) in [5.74, 6) is -2.88. The molecule has 0 saturated heterocycles. The number of alkyl halides is 2. The van der Waals surface area contributed by atoms with E-state index in [-0.39, 0.29) is 18.9 Å². The van der Waals surface area contributed by atoms with Crippen molar-refractivity contribution in [2.75, 3.05) is 19.4 Å². The fourth-order valence-corrected chi connectivity index (χ4v) is 4.33. The summed E-state index contributed by atoms with van der Waals surface area (Å²) in [6.07, 6.45) is 5.32. The van der Waals surface area contributed by atoms with Crippen LogP contribution in [-0.2, 0) is 0 Å². The van der Waals surface area contributed by atoms with Gasteiger partial charge in [-0.15, -0.1) is 0 Å². The van der Waals surface area contributed by atoms with Gasteiger partial charge in [0.2, 0.25) is 5.88 Å². The Balaban J connectivity index is 1.49. The molecule has 1 atom stereocenters. The highest BCUT2D eigenvalue weighted by Gasteiger charge is 2.57. The molecule has 37 heavy (non-hydrogen) atoms. The Morgan fingerprint density at radius 2 is 2.03 bits per heavy atom. The van der Waals surface area contributed by atoms with E-state index in [4.69, 9.17) is 10.5 Å². The van der Waals surface area contributed by atoms with E-state index in [1.54, 1.807) is 49.8 Å². The number of anilines is 1. The number of ether oxygens (including phenoxy) is 1. The molecule has 0 aliphatic heterocycles. The number of aromatic nitrogens is 4. The Hall–Kier alpha value is -4.21. The molecule has 1 unspecified atom stereocenters. The van der Waals surface area contributed by atoms with Crippen LogP contribution >= 0.6 is 0 Å². The molecule has 0 bridgehead atoms. The Morgan fingerprint density at radius 3 is 2.70 bits per heavy atom. The highest BCUT2D eigenvalue weighted by atomic mass is 19.3. The van der Waals surface area contributed by atoms with Crippen molar-refractivity contribution in [3.8, 4) is 22.7 Å². The van der Waals surface area contributed by atoms with Gasteiger partial charge in [0.1, 0.15) is 11.0 Å². The first-order valence-electron chi connectivity index (χ1n) is 12.1. The molecule has 4 aromatic rings. The lowest BCUT2D eigenvalue weighted by Crippen LogP contribution is -2.24. The molecule has 0 radical (unpaired) electrons. The van der Waals surface area contributed by atoms with E-state index in [1.165, 1.54) is 4.68 Å². The van der Waals surface area contributed by atoms with Gasteiger partial charge in [-0.25, -0.2) is 13.8 Å². The summed E-state index contributed by atoms with van der Waals surface area (Å²) in [6, 6.07) is 12.2. The summed E-state index contributed by atoms with van der Waals surface area (Å²) in [6.45, 7) is -0.143. The van der Waals surface area contributed by atoms with Crippen LogP contribution in [0.1, 0.15) is 36.4 Å². The number of aliphatic imine (C=N–C) groups is 1. The van der Waals surface area contributed by atoms with Crippen LogP contribution in [0.4, 0.5) is 14.5 Å². The maximum absolute atomic E-state index is 13.9. The molecule has 2 aliphatic rings. The third-order valence-corrected chi connectivity index (χ3v) is 6.74. The normalized spacial score (nSPS) is 18.4. The van der Waals surface area contributed by atoms with Gasteiger partial charge in [-0.05, 0) is 43.2 Å². The molecule has 0 amide bonds. The minimum Gasteiger partial charge on any atom is -0.477 e. The number of nitrogens with two attached hydrogens (primary N) is 1. The largest absolute Gasteiger partial charge is 0.477 e. The first-order valence-corrected chi connectivity index (χ1v) is 12.1. The van der Waals surface area contributed by atoms with Crippen molar-refractivity contribution in [1.29, 1.82) is 0 Å². The average molecular weight is 503 g/mol. The zero-order chi connectivity index (χ0) is 25.7. The maximum atomic E-state index is 13.9. The minimum atomic E-state index is -2.69. The third-order valence-electron chi connectivity index (χ3n) is 6.74. The van der Waals surface area contributed by atoms with Crippen molar-refractivity contribution in [3.63, 3.8) is 0 Å². The molecule has 3 heterocycles. The number of rotatable bonds is 7. The Kier molecular flexibility index (Phi) is 5.47. The number of nitrogen functional groups attached to an aromatic ring is 1. The molecule has 2 saturated carbocycles. The molecule has 3 aromatic heterocycles. The van der Waals surface area contributed by atoms with E-state index < -0.39 is 17.4 Å². The van der Waals surface area contributed by atoms with E-state index in [1.807, 2.05) is 12.1 Å². The molecular weight excluding hydrogens is 478 g/mol. The van der Waals surface area contributed by atoms with Crippen molar-refractivity contribution >= 4 is 22.9 Å². The molecule has 0 spiro atoms. The Morgan fingerprint density at radius 1 is 1.22 bits per heavy atom. The van der Waals surface area contributed by atoms with E-state index in [2.05, 4.69) is 20.1 Å². The Labute approximate surface area is 210 Å². The zero-order valence-electron chi connectivity index (χ0n) is 20.1. The number of fused-ring (bicyclic) bond motifs is 1. The van der Waals surface area contributed by atoms with E-state index >= 15 is 0 Å². The molecule has 10 heteroatoms. The summed E-state index contributed by atoms with van der Waals surface area (Å²) < 4.78 is 33.5. The van der Waals surface area contributed by atoms with Crippen LogP contribution in [-0.4, -0.2) is 45.5 Å². The highest BCUT2D eigenvalue weighted by molar-refractivity contribution is 5.91. The van der Waals surface area contributed by atoms with Crippen LogP contribution in [0, 0.1) is 5.92 Å². The number of hydrogen-bond donors (Lipinski definition) is 1. The van der Waals surface area contributed by atoms with Crippen molar-refractivity contribution in [1.82, 2.24) is 19.7 Å². The number of hydrogen-bond acceptors (Lipinski definition) is 7. The molecule has 2 aliphatic carbocycles. The predicted molar refractivity (Wildman–Crippen MR) is 137 cm³/mol. The summed E-state index contributed by atoms with van der Waals surface area (Å²) in [5.41, 5.74) is 9.96.